The number of ketones is 3. The van der Waals surface area contributed by atoms with Crippen molar-refractivity contribution in [3.63, 3.8) is 0 Å². The maximum atomic E-state index is 11.7. The number of azo groups is 1. The lowest BCUT2D eigenvalue weighted by molar-refractivity contribution is -0.132. The van der Waals surface area contributed by atoms with Crippen LogP contribution < -0.4 is 25.4 Å². The van der Waals surface area contributed by atoms with E-state index >= 15 is 0 Å². The maximum Gasteiger partial charge on any atom is 0.315 e. The second-order valence-corrected chi connectivity index (χ2v) is 34.6. The van der Waals surface area contributed by atoms with E-state index in [2.05, 4.69) is 262 Å². The fourth-order valence-corrected chi connectivity index (χ4v) is 16.4. The Kier molecular flexibility index (Phi) is 29.3. The standard InChI is InChI=1S/C12H12O.C12H14O.C11H13N.C10H11NO.C10H10O.C9H10N2.C9H9NO.2C9H9N.C9H8O2.C8H8N2.CH4/c1-8-2-3-10-9(6-8)7-11(13)12(10)4-5-12;1-8-4-5-10-9(6-8)7-11(13)12(10,2)3;1-8-3-5-10-6-4-9(2)12-11(10)7-8;1-7-3-4-10-9(5-7)11-8(2)6-12-10;1-7-2-3-8-5-10(11)6-9(8)4-7;1-7-3-4-9-8(5-7)6-10-11(9)2;1-6-2-3-8-7(4-6)5-9(11)10-8;1-7-2-3-8-5-10-6-9(8)4-7;1-7-2-3-9-8(6-7)4-5-10-9;1-6-2-3-8-7(4-6)5-9(10)11-8;1-6-2-3-8-7(4-6)5-9-10-8;/h2-3,6H,4-5,7H2,1H3;4-6H,7H2,1-3H3;3,5,7,12H,2,4,6H2,1H3;3-5,11H,2,6H2,1H3;2-4H,5-6H2,1H3;3-6H,1-2H3;2-4H,5H2,1H3,(H,10,11);2-5H,6H2,1H3;2-3,5-6H,4H2,1H3;2-4H,5H2,1H3;2-4H,5H2,1H3;1H4. The number of benzene rings is 11. The van der Waals surface area contributed by atoms with Crippen LogP contribution in [-0.2, 0) is 106 Å². The molecule has 1 spiro atoms. The van der Waals surface area contributed by atoms with E-state index in [-0.39, 0.29) is 30.1 Å². The highest BCUT2D eigenvalue weighted by Crippen LogP contribution is 2.54. The number of amides is 1. The molecule has 4 aliphatic carbocycles. The van der Waals surface area contributed by atoms with Crippen LogP contribution in [0.2, 0.25) is 0 Å². The highest BCUT2D eigenvalue weighted by molar-refractivity contribution is 6.00. The first-order chi connectivity index (χ1) is 59.4. The monoisotopic (exact) mass is 1660 g/mol. The van der Waals surface area contributed by atoms with Crippen LogP contribution >= 0.6 is 0 Å². The zero-order chi connectivity index (χ0) is 88.1. The van der Waals surface area contributed by atoms with E-state index < -0.39 is 0 Å². The zero-order valence-corrected chi connectivity index (χ0v) is 74.1. The molecule has 11 aliphatic rings. The summed E-state index contributed by atoms with van der Waals surface area (Å²) in [6.07, 6.45) is 14.7. The number of rotatable bonds is 0. The van der Waals surface area contributed by atoms with E-state index in [0.717, 1.165) is 102 Å². The molecule has 16 heteroatoms. The van der Waals surface area contributed by atoms with Gasteiger partial charge in [0.1, 0.15) is 35.5 Å². The van der Waals surface area contributed by atoms with Crippen LogP contribution in [0.5, 0.6) is 11.5 Å². The Hall–Kier alpha value is -13.3. The first kappa shape index (κ1) is 90.9. The molecule has 1 amide bonds. The minimum Gasteiger partial charge on any atom is -0.485 e. The van der Waals surface area contributed by atoms with Crippen LogP contribution in [0.15, 0.2) is 251 Å². The molecular weight excluding hydrogens is 1550 g/mol. The molecule has 7 aliphatic heterocycles. The molecule has 640 valence electrons. The highest BCUT2D eigenvalue weighted by Gasteiger charge is 2.55. The summed E-state index contributed by atoms with van der Waals surface area (Å²) in [7, 11) is 1.96. The number of nitrogens with one attached hydrogen (secondary N) is 3. The summed E-state index contributed by atoms with van der Waals surface area (Å²) in [4.78, 5) is 64.5. The minimum absolute atomic E-state index is 0. The minimum atomic E-state index is -0.261. The molecular formula is C109H117N9O7. The molecule has 1 saturated carbocycles. The summed E-state index contributed by atoms with van der Waals surface area (Å²) in [5, 5.41) is 22.5. The lowest BCUT2D eigenvalue weighted by atomic mass is 9.85. The SMILES string of the molecule is C.C=C1CCc2ccc(C)cc2N1.C=C1COc2ccc(C)cc2N1.Cc1ccc2c(c1)CC(=O)C2.Cc1ccc2c(c1)CC(=O)C2(C)C.Cc1ccc2c(c1)CC(=O)C21CC1.Cc1ccc2c(c1)CC(=O)N2.Cc1ccc2c(c1)CC(=O)O2.Cc1ccc2c(c1)CC=N2.Cc1ccc2c(c1)CN=C2.Cc1ccc2c(c1)CN=N2.Cc1ccc2c(cnn2C)c1. The number of hydrogen-bond donors (Lipinski definition) is 3. The second kappa shape index (κ2) is 40.3. The molecule has 3 N–H and O–H groups in total. The van der Waals surface area contributed by atoms with Crippen molar-refractivity contribution in [2.45, 2.75) is 192 Å². The largest absolute Gasteiger partial charge is 0.485 e. The number of nitrogens with zero attached hydrogens (tertiary/aromatic N) is 6. The first-order valence-electron chi connectivity index (χ1n) is 42.7. The lowest BCUT2D eigenvalue weighted by Gasteiger charge is -2.20. The Bertz CT molecular complexity index is 5790. The number of hydrogen-bond acceptors (Lipinski definition) is 14. The normalized spacial score (nSPS) is 15.2. The van der Waals surface area contributed by atoms with Gasteiger partial charge in [0.25, 0.3) is 0 Å². The predicted octanol–water partition coefficient (Wildman–Crippen LogP) is 23.6. The number of Topliss-reactive ketones (excluding diaryl/α,β-unsaturated/α-hetero) is 3. The summed E-state index contributed by atoms with van der Waals surface area (Å²) in [5.74, 6) is 2.73. The van der Waals surface area contributed by atoms with Crippen LogP contribution in [0.25, 0.3) is 10.9 Å². The summed E-state index contributed by atoms with van der Waals surface area (Å²) in [6, 6.07) is 68.7. The number of carbonyl (C=O) groups excluding carboxylic acids is 5. The number of allylic oxidation sites excluding steroid dienone is 1. The Labute approximate surface area is 737 Å². The highest BCUT2D eigenvalue weighted by atomic mass is 16.5. The van der Waals surface area contributed by atoms with Crippen molar-refractivity contribution in [3.05, 3.63) is 364 Å². The quantitative estimate of drug-likeness (QED) is 0.0967. The van der Waals surface area contributed by atoms with Crippen molar-refractivity contribution in [1.82, 2.24) is 9.78 Å². The third-order valence-corrected chi connectivity index (χ3v) is 23.4. The van der Waals surface area contributed by atoms with Gasteiger partial charge in [-0.05, 0) is 243 Å². The van der Waals surface area contributed by atoms with E-state index in [1.165, 1.54) is 139 Å². The fourth-order valence-electron chi connectivity index (χ4n) is 16.4. The van der Waals surface area contributed by atoms with Gasteiger partial charge in [-0.2, -0.15) is 15.3 Å². The molecule has 16 nitrogen and oxygen atoms in total. The van der Waals surface area contributed by atoms with Crippen LogP contribution in [-0.4, -0.2) is 58.0 Å². The number of ether oxygens (including phenoxy) is 2. The number of fused-ring (bicyclic) bond motifs is 12. The van der Waals surface area contributed by atoms with E-state index in [1.807, 2.05) is 113 Å². The smallest absolute Gasteiger partial charge is 0.315 e. The number of aliphatic imine (C=N–C) groups is 2. The molecule has 0 saturated heterocycles. The van der Waals surface area contributed by atoms with Gasteiger partial charge in [-0.25, -0.2) is 0 Å². The van der Waals surface area contributed by atoms with Gasteiger partial charge in [-0.15, -0.1) is 0 Å². The number of carbonyl (C=O) groups is 5. The van der Waals surface area contributed by atoms with Crippen LogP contribution in [0, 0.1) is 76.2 Å². The van der Waals surface area contributed by atoms with E-state index in [4.69, 9.17) is 9.47 Å². The molecule has 0 radical (unpaired) electrons. The fraction of sp³-hybridized carbons (Fsp3) is 0.284. The molecule has 12 aromatic rings. The third-order valence-electron chi connectivity index (χ3n) is 23.4. The summed E-state index contributed by atoms with van der Waals surface area (Å²) in [5.41, 5.74) is 38.5. The average molecular weight is 1670 g/mol. The lowest BCUT2D eigenvalue weighted by Crippen LogP contribution is -2.23. The van der Waals surface area contributed by atoms with Gasteiger partial charge in [0.2, 0.25) is 5.91 Å². The number of aryl methyl sites for hydroxylation is 13. The van der Waals surface area contributed by atoms with Crippen LogP contribution in [0.1, 0.15) is 174 Å². The Balaban J connectivity index is 0.000000125. The molecule has 0 unspecified atom stereocenters. The third kappa shape index (κ3) is 23.5. The molecule has 125 heavy (non-hydrogen) atoms. The topological polar surface area (TPSA) is 207 Å². The average Bonchev–Trinajstić information content (AvgIpc) is 1.56. The van der Waals surface area contributed by atoms with Crippen molar-refractivity contribution >= 4 is 81.0 Å². The number of esters is 1. The molecule has 11 aromatic carbocycles. The second-order valence-electron chi connectivity index (χ2n) is 34.6. The summed E-state index contributed by atoms with van der Waals surface area (Å²) >= 11 is 0. The van der Waals surface area contributed by atoms with Crippen molar-refractivity contribution < 1.29 is 33.4 Å². The molecule has 0 bridgehead atoms. The molecule has 1 fully saturated rings. The predicted molar refractivity (Wildman–Crippen MR) is 510 cm³/mol. The van der Waals surface area contributed by atoms with Gasteiger partial charge in [0.15, 0.2) is 0 Å². The zero-order valence-electron chi connectivity index (χ0n) is 74.1. The van der Waals surface area contributed by atoms with Crippen molar-refractivity contribution in [2.75, 3.05) is 22.6 Å². The Morgan fingerprint density at radius 2 is 0.952 bits per heavy atom. The molecule has 23 rings (SSSR count). The molecule has 8 heterocycles. The molecule has 1 aromatic heterocycles. The van der Waals surface area contributed by atoms with E-state index in [0.29, 0.717) is 62.5 Å². The van der Waals surface area contributed by atoms with E-state index in [9.17, 15) is 24.0 Å². The van der Waals surface area contributed by atoms with Gasteiger partial charge >= 0.3 is 5.97 Å². The number of anilines is 3. The molecule has 0 atom stereocenters. The van der Waals surface area contributed by atoms with Gasteiger partial charge in [-0.3, -0.25) is 38.6 Å². The van der Waals surface area contributed by atoms with Crippen molar-refractivity contribution in [1.29, 1.82) is 0 Å². The van der Waals surface area contributed by atoms with E-state index in [1.54, 1.807) is 0 Å². The number of aromatic nitrogens is 2. The van der Waals surface area contributed by atoms with Gasteiger partial charge in [0, 0.05) is 96.3 Å². The Morgan fingerprint density at radius 1 is 0.424 bits per heavy atom. The van der Waals surface area contributed by atoms with Gasteiger partial charge in [-0.1, -0.05) is 216 Å². The summed E-state index contributed by atoms with van der Waals surface area (Å²) < 4.78 is 12.2. The summed E-state index contributed by atoms with van der Waals surface area (Å²) in [6.45, 7) is 36.8. The maximum absolute atomic E-state index is 11.7. The van der Waals surface area contributed by atoms with Crippen LogP contribution in [0.3, 0.4) is 0 Å². The van der Waals surface area contributed by atoms with Gasteiger partial charge < -0.3 is 25.4 Å². The van der Waals surface area contributed by atoms with Crippen molar-refractivity contribution in [3.8, 4) is 11.5 Å². The van der Waals surface area contributed by atoms with Crippen molar-refractivity contribution in [2.24, 2.45) is 27.3 Å². The Morgan fingerprint density at radius 3 is 1.66 bits per heavy atom. The first-order valence-corrected chi connectivity index (χ1v) is 42.7. The van der Waals surface area contributed by atoms with Gasteiger partial charge in [0.05, 0.1) is 60.1 Å². The van der Waals surface area contributed by atoms with Crippen LogP contribution in [0.4, 0.5) is 28.4 Å².